The summed E-state index contributed by atoms with van der Waals surface area (Å²) >= 11 is 2.81. The smallest absolute Gasteiger partial charge is 0.257 e. The summed E-state index contributed by atoms with van der Waals surface area (Å²) in [6, 6.07) is 13.4. The van der Waals surface area contributed by atoms with Gasteiger partial charge >= 0.3 is 0 Å². The Morgan fingerprint density at radius 1 is 1.16 bits per heavy atom. The van der Waals surface area contributed by atoms with Crippen molar-refractivity contribution in [2.45, 2.75) is 19.3 Å². The first-order valence-electron chi connectivity index (χ1n) is 9.80. The van der Waals surface area contributed by atoms with Crippen molar-refractivity contribution >= 4 is 61.5 Å². The van der Waals surface area contributed by atoms with E-state index in [1.54, 1.807) is 23.5 Å². The van der Waals surface area contributed by atoms with Crippen molar-refractivity contribution in [1.82, 2.24) is 4.98 Å². The second-order valence-corrected chi connectivity index (χ2v) is 9.43. The number of fused-ring (bicyclic) bond motifs is 2. The Labute approximate surface area is 186 Å². The SMILES string of the molecule is N=Cc1cc(C(=O)Nc2nc3c(s2)C(=O)CCC3)cc(-c2cc3ccccc3s2)c1N. The molecule has 0 saturated carbocycles. The van der Waals surface area contributed by atoms with Gasteiger partial charge in [0.1, 0.15) is 0 Å². The molecule has 0 aliphatic heterocycles. The number of benzene rings is 2. The van der Waals surface area contributed by atoms with Gasteiger partial charge in [-0.25, -0.2) is 4.98 Å². The average Bonchev–Trinajstić information content (AvgIpc) is 3.38. The number of aromatic nitrogens is 1. The molecular formula is C23H18N4O2S2. The Bertz CT molecular complexity index is 1340. The van der Waals surface area contributed by atoms with E-state index in [9.17, 15) is 9.59 Å². The molecule has 2 aromatic heterocycles. The molecule has 0 bridgehead atoms. The van der Waals surface area contributed by atoms with Crippen LogP contribution in [-0.4, -0.2) is 22.9 Å². The van der Waals surface area contributed by atoms with Crippen LogP contribution in [-0.2, 0) is 6.42 Å². The van der Waals surface area contributed by atoms with Gasteiger partial charge in [-0.1, -0.05) is 29.5 Å². The van der Waals surface area contributed by atoms with E-state index in [0.717, 1.165) is 45.3 Å². The number of nitrogens with two attached hydrogens (primary N) is 1. The van der Waals surface area contributed by atoms with E-state index in [2.05, 4.69) is 10.3 Å². The van der Waals surface area contributed by atoms with Gasteiger partial charge in [0.05, 0.1) is 10.6 Å². The Morgan fingerprint density at radius 3 is 2.77 bits per heavy atom. The van der Waals surface area contributed by atoms with E-state index in [1.165, 1.54) is 11.3 Å². The van der Waals surface area contributed by atoms with Crippen molar-refractivity contribution in [2.24, 2.45) is 0 Å². The zero-order valence-corrected chi connectivity index (χ0v) is 18.0. The Morgan fingerprint density at radius 2 is 2.00 bits per heavy atom. The maximum absolute atomic E-state index is 13.0. The number of hydrogen-bond donors (Lipinski definition) is 3. The van der Waals surface area contributed by atoms with Crippen molar-refractivity contribution in [3.8, 4) is 10.4 Å². The summed E-state index contributed by atoms with van der Waals surface area (Å²) < 4.78 is 1.13. The number of nitrogens with one attached hydrogen (secondary N) is 2. The normalized spacial score (nSPS) is 13.2. The van der Waals surface area contributed by atoms with Gasteiger partial charge in [0.15, 0.2) is 10.9 Å². The molecule has 4 N–H and O–H groups in total. The molecule has 1 aliphatic rings. The first-order chi connectivity index (χ1) is 15.0. The van der Waals surface area contributed by atoms with Crippen LogP contribution in [0.15, 0.2) is 42.5 Å². The highest BCUT2D eigenvalue weighted by atomic mass is 32.1. The minimum atomic E-state index is -0.344. The van der Waals surface area contributed by atoms with Crippen molar-refractivity contribution in [1.29, 1.82) is 5.41 Å². The van der Waals surface area contributed by atoms with Gasteiger partial charge in [-0.05, 0) is 42.5 Å². The van der Waals surface area contributed by atoms with Crippen molar-refractivity contribution in [2.75, 3.05) is 11.1 Å². The molecule has 0 saturated heterocycles. The third kappa shape index (κ3) is 3.54. The predicted octanol–water partition coefficient (Wildman–Crippen LogP) is 5.38. The van der Waals surface area contributed by atoms with Crippen LogP contribution >= 0.6 is 22.7 Å². The molecule has 5 rings (SSSR count). The lowest BCUT2D eigenvalue weighted by Crippen LogP contribution is -2.13. The molecule has 0 spiro atoms. The lowest BCUT2D eigenvalue weighted by molar-refractivity contribution is 0.0975. The van der Waals surface area contributed by atoms with Gasteiger partial charge in [0.2, 0.25) is 0 Å². The number of aryl methyl sites for hydroxylation is 1. The second kappa shape index (κ2) is 7.72. The number of ketones is 1. The largest absolute Gasteiger partial charge is 0.398 e. The molecule has 6 nitrogen and oxygen atoms in total. The minimum absolute atomic E-state index is 0.0878. The number of carbonyl (C=O) groups is 2. The van der Waals surface area contributed by atoms with Crippen molar-refractivity contribution in [3.63, 3.8) is 0 Å². The molecule has 0 atom stereocenters. The molecule has 0 radical (unpaired) electrons. The summed E-state index contributed by atoms with van der Waals surface area (Å²) in [6.45, 7) is 0. The Hall–Kier alpha value is -3.36. The molecule has 2 aromatic carbocycles. The number of thiophene rings is 1. The van der Waals surface area contributed by atoms with Gasteiger partial charge in [-0.15, -0.1) is 11.3 Å². The van der Waals surface area contributed by atoms with Gasteiger partial charge in [-0.3, -0.25) is 14.9 Å². The van der Waals surface area contributed by atoms with Crippen LogP contribution in [0.1, 0.15) is 44.1 Å². The summed E-state index contributed by atoms with van der Waals surface area (Å²) in [4.78, 5) is 31.1. The molecule has 31 heavy (non-hydrogen) atoms. The number of thiazole rings is 1. The van der Waals surface area contributed by atoms with Gasteiger partial charge < -0.3 is 11.1 Å². The fourth-order valence-electron chi connectivity index (χ4n) is 3.74. The second-order valence-electron chi connectivity index (χ2n) is 7.35. The molecule has 0 fully saturated rings. The third-order valence-corrected chi connectivity index (χ3v) is 7.51. The van der Waals surface area contributed by atoms with Gasteiger partial charge in [-0.2, -0.15) is 0 Å². The lowest BCUT2D eigenvalue weighted by atomic mass is 10.0. The monoisotopic (exact) mass is 446 g/mol. The molecule has 8 heteroatoms. The van der Waals surface area contributed by atoms with E-state index in [0.29, 0.717) is 33.2 Å². The Balaban J connectivity index is 1.52. The highest BCUT2D eigenvalue weighted by Gasteiger charge is 2.23. The van der Waals surface area contributed by atoms with Crippen LogP contribution in [0.3, 0.4) is 0 Å². The number of hydrogen-bond acceptors (Lipinski definition) is 7. The van der Waals surface area contributed by atoms with Gasteiger partial charge in [0, 0.05) is 44.6 Å². The van der Waals surface area contributed by atoms with Crippen LogP contribution in [0.2, 0.25) is 0 Å². The number of anilines is 2. The predicted molar refractivity (Wildman–Crippen MR) is 127 cm³/mol. The molecule has 1 aliphatic carbocycles. The number of nitrogen functional groups attached to an aromatic ring is 1. The van der Waals surface area contributed by atoms with E-state index in [1.807, 2.05) is 30.3 Å². The molecule has 4 aromatic rings. The fraction of sp³-hybridized carbons (Fsp3) is 0.130. The summed E-state index contributed by atoms with van der Waals surface area (Å²) in [5, 5.41) is 12.1. The molecular weight excluding hydrogens is 428 g/mol. The molecule has 2 heterocycles. The number of Topliss-reactive ketones (excluding diaryl/α,β-unsaturated/α-hetero) is 1. The molecule has 154 valence electrons. The van der Waals surface area contributed by atoms with Crippen molar-refractivity contribution in [3.05, 3.63) is 64.2 Å². The van der Waals surface area contributed by atoms with Crippen molar-refractivity contribution < 1.29 is 9.59 Å². The number of amides is 1. The standard InChI is InChI=1S/C23H18N4O2S2/c24-11-14-8-13(22(29)27-23-26-16-5-3-6-17(28)21(16)31-23)9-15(20(14)25)19-10-12-4-1-2-7-18(12)30-19/h1-2,4,7-11,24H,3,5-6,25H2,(H,26,27,29). The first kappa shape index (κ1) is 19.6. The molecule has 1 amide bonds. The fourth-order valence-corrected chi connectivity index (χ4v) is 5.80. The van der Waals surface area contributed by atoms with Crippen LogP contribution in [0.5, 0.6) is 0 Å². The Kier molecular flexibility index (Phi) is 4.88. The van der Waals surface area contributed by atoms with Crippen LogP contribution in [0.25, 0.3) is 20.5 Å². The maximum Gasteiger partial charge on any atom is 0.257 e. The van der Waals surface area contributed by atoms with E-state index in [4.69, 9.17) is 11.1 Å². The van der Waals surface area contributed by atoms with Crippen LogP contribution < -0.4 is 11.1 Å². The lowest BCUT2D eigenvalue weighted by Gasteiger charge is -2.10. The quantitative estimate of drug-likeness (QED) is 0.289. The minimum Gasteiger partial charge on any atom is -0.398 e. The number of carbonyl (C=O) groups excluding carboxylic acids is 2. The number of rotatable bonds is 4. The maximum atomic E-state index is 13.0. The topological polar surface area (TPSA) is 109 Å². The zero-order valence-electron chi connectivity index (χ0n) is 16.4. The highest BCUT2D eigenvalue weighted by Crippen LogP contribution is 2.38. The van der Waals surface area contributed by atoms with E-state index in [-0.39, 0.29) is 11.7 Å². The molecule has 0 unspecified atom stereocenters. The third-order valence-electron chi connectivity index (χ3n) is 5.31. The summed E-state index contributed by atoms with van der Waals surface area (Å²) in [7, 11) is 0. The summed E-state index contributed by atoms with van der Waals surface area (Å²) in [5.74, 6) is -0.256. The highest BCUT2D eigenvalue weighted by molar-refractivity contribution is 7.22. The first-order valence-corrected chi connectivity index (χ1v) is 11.4. The van der Waals surface area contributed by atoms with Gasteiger partial charge in [0.25, 0.3) is 5.91 Å². The van der Waals surface area contributed by atoms with Crippen LogP contribution in [0.4, 0.5) is 10.8 Å². The number of nitrogens with zero attached hydrogens (tertiary/aromatic N) is 1. The zero-order chi connectivity index (χ0) is 21.5. The van der Waals surface area contributed by atoms with Crippen LogP contribution in [0, 0.1) is 5.41 Å². The summed E-state index contributed by atoms with van der Waals surface area (Å²) in [5.41, 5.74) is 9.15. The summed E-state index contributed by atoms with van der Waals surface area (Å²) in [6.07, 6.45) is 3.23. The van der Waals surface area contributed by atoms with E-state index >= 15 is 0 Å². The average molecular weight is 447 g/mol. The van der Waals surface area contributed by atoms with E-state index < -0.39 is 0 Å².